The van der Waals surface area contributed by atoms with E-state index in [0.717, 1.165) is 25.7 Å². The van der Waals surface area contributed by atoms with Gasteiger partial charge in [0.15, 0.2) is 5.67 Å². The lowest BCUT2D eigenvalue weighted by Gasteiger charge is -2.40. The minimum absolute atomic E-state index is 0.0721. The summed E-state index contributed by atoms with van der Waals surface area (Å²) < 4.78 is 35.6. The fraction of sp³-hybridized carbons (Fsp3) is 0.706. The quantitative estimate of drug-likeness (QED) is 0.286. The van der Waals surface area contributed by atoms with Crippen molar-refractivity contribution in [3.05, 3.63) is 29.6 Å². The smallest absolute Gasteiger partial charge is 0.258 e. The summed E-state index contributed by atoms with van der Waals surface area (Å²) in [4.78, 5) is 57.1. The molecule has 4 amide bonds. The van der Waals surface area contributed by atoms with Crippen LogP contribution in [0.15, 0.2) is 18.2 Å². The zero-order valence-electron chi connectivity index (χ0n) is 27.6. The Morgan fingerprint density at radius 3 is 2.20 bits per heavy atom. The van der Waals surface area contributed by atoms with E-state index in [-0.39, 0.29) is 48.2 Å². The Labute approximate surface area is 270 Å². The maximum atomic E-state index is 15.7. The second kappa shape index (κ2) is 13.9. The number of anilines is 1. The van der Waals surface area contributed by atoms with Gasteiger partial charge in [0.2, 0.25) is 17.7 Å². The van der Waals surface area contributed by atoms with Gasteiger partial charge in [-0.3, -0.25) is 19.2 Å². The number of likely N-dealkylation sites (N-methyl/N-ethyl adjacent to an activating group) is 1. The number of carbonyl (C=O) groups excluding carboxylic acids is 4. The van der Waals surface area contributed by atoms with Gasteiger partial charge in [-0.25, -0.2) is 8.78 Å². The minimum Gasteiger partial charge on any atom is -0.372 e. The maximum Gasteiger partial charge on any atom is 0.258 e. The SMILES string of the molecule is CC[C@H](OC)C(=O)N[C@@H](C(=O)N1CCN(C)[C@H](C)C1)[C@@H](C)c1ccc(NC(=O)[C@@H](NC(=O)C2(F)CC2)C(C2CC2)C2CC2)c(F)c1. The molecule has 1 aromatic carbocycles. The first-order valence-corrected chi connectivity index (χ1v) is 16.8. The summed E-state index contributed by atoms with van der Waals surface area (Å²) in [6, 6.07) is 2.54. The number of hydrogen-bond acceptors (Lipinski definition) is 6. The van der Waals surface area contributed by atoms with Gasteiger partial charge in [0.05, 0.1) is 5.69 Å². The number of methoxy groups -OCH3 is 1. The van der Waals surface area contributed by atoms with Crippen molar-refractivity contribution in [1.82, 2.24) is 20.4 Å². The molecule has 0 radical (unpaired) electrons. The standard InChI is InChI=1S/C34H49F2N5O5/c1-6-26(46-5)30(42)38-28(32(44)41-16-15-40(4)19(2)18-41)20(3)23-11-12-25(24(35)17-23)37-31(43)29(39-33(45)34(36)13-14-34)27(21-7-8-21)22-9-10-22/h11-12,17,19-22,26-29H,6-10,13-16,18H2,1-5H3,(H,37,43)(H,38,42)(H,39,45)/t19-,20+,26+,28-,29+/m1/s1. The van der Waals surface area contributed by atoms with Crippen LogP contribution in [0.5, 0.6) is 0 Å². The van der Waals surface area contributed by atoms with Crippen LogP contribution in [0.1, 0.15) is 77.2 Å². The third-order valence-corrected chi connectivity index (χ3v) is 10.4. The number of piperazine rings is 1. The Kier molecular flexibility index (Phi) is 10.4. The summed E-state index contributed by atoms with van der Waals surface area (Å²) in [5.41, 5.74) is -1.53. The fourth-order valence-corrected chi connectivity index (χ4v) is 6.71. The molecule has 46 heavy (non-hydrogen) atoms. The lowest BCUT2D eigenvalue weighted by molar-refractivity contribution is -0.142. The van der Waals surface area contributed by atoms with Gasteiger partial charge in [-0.15, -0.1) is 0 Å². The van der Waals surface area contributed by atoms with Crippen molar-refractivity contribution >= 4 is 29.3 Å². The first-order chi connectivity index (χ1) is 21.9. The lowest BCUT2D eigenvalue weighted by Crippen LogP contribution is -2.58. The topological polar surface area (TPSA) is 120 Å². The largest absolute Gasteiger partial charge is 0.372 e. The third kappa shape index (κ3) is 7.70. The summed E-state index contributed by atoms with van der Waals surface area (Å²) in [7, 11) is 3.44. The van der Waals surface area contributed by atoms with Gasteiger partial charge in [-0.05, 0) is 94.4 Å². The fourth-order valence-electron chi connectivity index (χ4n) is 6.71. The molecule has 0 bridgehead atoms. The molecule has 1 aromatic rings. The highest BCUT2D eigenvalue weighted by molar-refractivity contribution is 5.99. The number of nitrogens with one attached hydrogen (secondary N) is 3. The normalized spacial score (nSPS) is 23.7. The average molecular weight is 646 g/mol. The van der Waals surface area contributed by atoms with E-state index in [1.807, 2.05) is 20.9 Å². The summed E-state index contributed by atoms with van der Waals surface area (Å²) in [6.07, 6.45) is 3.78. The zero-order valence-corrected chi connectivity index (χ0v) is 27.6. The van der Waals surface area contributed by atoms with Crippen LogP contribution in [0, 0.1) is 23.6 Å². The minimum atomic E-state index is -1.93. The Morgan fingerprint density at radius 2 is 1.67 bits per heavy atom. The van der Waals surface area contributed by atoms with E-state index in [0.29, 0.717) is 31.6 Å². The van der Waals surface area contributed by atoms with E-state index < -0.39 is 53.3 Å². The molecule has 5 atom stereocenters. The predicted molar refractivity (Wildman–Crippen MR) is 169 cm³/mol. The molecule has 3 N–H and O–H groups in total. The highest BCUT2D eigenvalue weighted by Crippen LogP contribution is 2.51. The van der Waals surface area contributed by atoms with E-state index in [2.05, 4.69) is 20.9 Å². The summed E-state index contributed by atoms with van der Waals surface area (Å²) in [5, 5.41) is 8.22. The van der Waals surface area contributed by atoms with Crippen LogP contribution in [0.3, 0.4) is 0 Å². The lowest BCUT2D eigenvalue weighted by atomic mass is 9.88. The number of hydrogen-bond donors (Lipinski definition) is 3. The first kappa shape index (κ1) is 34.2. The van der Waals surface area contributed by atoms with Crippen molar-refractivity contribution in [2.24, 2.45) is 17.8 Å². The highest BCUT2D eigenvalue weighted by atomic mass is 19.1. The molecule has 10 nitrogen and oxygen atoms in total. The summed E-state index contributed by atoms with van der Waals surface area (Å²) in [5.74, 6) is -2.87. The van der Waals surface area contributed by atoms with Crippen molar-refractivity contribution in [1.29, 1.82) is 0 Å². The molecule has 0 unspecified atom stereocenters. The second-order valence-electron chi connectivity index (χ2n) is 13.9. The molecule has 4 fully saturated rings. The number of halogens is 2. The number of nitrogens with zero attached hydrogens (tertiary/aromatic N) is 2. The van der Waals surface area contributed by atoms with Gasteiger partial charge in [-0.1, -0.05) is 19.9 Å². The number of benzene rings is 1. The van der Waals surface area contributed by atoms with E-state index in [1.165, 1.54) is 19.2 Å². The van der Waals surface area contributed by atoms with Crippen LogP contribution in [0.4, 0.5) is 14.5 Å². The number of carbonyl (C=O) groups is 4. The Balaban J connectivity index is 1.34. The second-order valence-corrected chi connectivity index (χ2v) is 13.9. The molecule has 5 rings (SSSR count). The van der Waals surface area contributed by atoms with E-state index in [4.69, 9.17) is 4.74 Å². The van der Waals surface area contributed by atoms with Crippen LogP contribution in [-0.4, -0.2) is 97.1 Å². The molecule has 1 heterocycles. The Bertz CT molecular complexity index is 1300. The highest BCUT2D eigenvalue weighted by Gasteiger charge is 2.54. The van der Waals surface area contributed by atoms with Gasteiger partial charge < -0.3 is 30.5 Å². The average Bonchev–Trinajstić information content (AvgIpc) is 3.88. The van der Waals surface area contributed by atoms with Crippen molar-refractivity contribution < 1.29 is 32.7 Å². The van der Waals surface area contributed by atoms with Crippen LogP contribution in [-0.2, 0) is 23.9 Å². The third-order valence-electron chi connectivity index (χ3n) is 10.4. The van der Waals surface area contributed by atoms with Crippen molar-refractivity contribution in [2.45, 2.75) is 102 Å². The van der Waals surface area contributed by atoms with Gasteiger partial charge >= 0.3 is 0 Å². The Hall–Kier alpha value is -3.12. The number of alkyl halides is 1. The van der Waals surface area contributed by atoms with Crippen molar-refractivity contribution in [3.8, 4) is 0 Å². The van der Waals surface area contributed by atoms with Crippen LogP contribution in [0.2, 0.25) is 0 Å². The molecule has 12 heteroatoms. The molecule has 1 aliphatic heterocycles. The van der Waals surface area contributed by atoms with E-state index in [1.54, 1.807) is 17.9 Å². The van der Waals surface area contributed by atoms with E-state index in [9.17, 15) is 23.6 Å². The summed E-state index contributed by atoms with van der Waals surface area (Å²) >= 11 is 0. The van der Waals surface area contributed by atoms with Gasteiger partial charge in [0.1, 0.15) is 24.0 Å². The van der Waals surface area contributed by atoms with Crippen LogP contribution in [0.25, 0.3) is 0 Å². The first-order valence-electron chi connectivity index (χ1n) is 16.8. The molecular formula is C34H49F2N5O5. The zero-order chi connectivity index (χ0) is 33.3. The van der Waals surface area contributed by atoms with Crippen molar-refractivity contribution in [2.75, 3.05) is 39.1 Å². The van der Waals surface area contributed by atoms with Gasteiger partial charge in [0.25, 0.3) is 5.91 Å². The predicted octanol–water partition coefficient (Wildman–Crippen LogP) is 3.36. The number of rotatable bonds is 14. The molecule has 3 aliphatic carbocycles. The maximum absolute atomic E-state index is 15.7. The monoisotopic (exact) mass is 645 g/mol. The molecule has 4 aliphatic rings. The van der Waals surface area contributed by atoms with Crippen LogP contribution < -0.4 is 16.0 Å². The molecule has 3 saturated carbocycles. The van der Waals surface area contributed by atoms with Crippen molar-refractivity contribution in [3.63, 3.8) is 0 Å². The van der Waals surface area contributed by atoms with Gasteiger partial charge in [-0.2, -0.15) is 0 Å². The molecule has 0 aromatic heterocycles. The van der Waals surface area contributed by atoms with Crippen LogP contribution >= 0.6 is 0 Å². The molecule has 0 spiro atoms. The molecular weight excluding hydrogens is 596 g/mol. The Morgan fingerprint density at radius 1 is 1.02 bits per heavy atom. The van der Waals surface area contributed by atoms with Gasteiger partial charge in [0, 0.05) is 38.7 Å². The number of ether oxygens (including phenoxy) is 1. The summed E-state index contributed by atoms with van der Waals surface area (Å²) in [6.45, 7) is 7.30. The van der Waals surface area contributed by atoms with E-state index >= 15 is 4.39 Å². The molecule has 1 saturated heterocycles. The number of amides is 4. The molecule has 254 valence electrons.